The molecule has 0 spiro atoms. The highest BCUT2D eigenvalue weighted by molar-refractivity contribution is 7.13. The van der Waals surface area contributed by atoms with E-state index in [1.54, 1.807) is 17.4 Å². The molecule has 1 saturated heterocycles. The monoisotopic (exact) mass is 304 g/mol. The van der Waals surface area contributed by atoms with Gasteiger partial charge in [0.15, 0.2) is 5.13 Å². The van der Waals surface area contributed by atoms with Crippen molar-refractivity contribution in [2.45, 2.75) is 6.54 Å². The van der Waals surface area contributed by atoms with Gasteiger partial charge >= 0.3 is 5.97 Å². The van der Waals surface area contributed by atoms with E-state index in [1.807, 2.05) is 17.6 Å². The van der Waals surface area contributed by atoms with Crippen molar-refractivity contribution in [1.29, 1.82) is 0 Å². The van der Waals surface area contributed by atoms with Crippen LogP contribution in [-0.2, 0) is 6.54 Å². The van der Waals surface area contributed by atoms with E-state index in [0.717, 1.165) is 37.0 Å². The van der Waals surface area contributed by atoms with Crippen LogP contribution in [0.4, 0.5) is 5.13 Å². The number of anilines is 1. The fraction of sp³-hybridized carbons (Fsp3) is 0.357. The van der Waals surface area contributed by atoms with E-state index in [4.69, 9.17) is 5.11 Å². The molecule has 0 saturated carbocycles. The van der Waals surface area contributed by atoms with Gasteiger partial charge in [-0.1, -0.05) is 6.07 Å². The van der Waals surface area contributed by atoms with Crippen LogP contribution in [0.1, 0.15) is 16.2 Å². The zero-order valence-corrected chi connectivity index (χ0v) is 12.3. The Balaban J connectivity index is 1.58. The van der Waals surface area contributed by atoms with Crippen LogP contribution in [0.2, 0.25) is 0 Å². The van der Waals surface area contributed by atoms with Gasteiger partial charge in [-0.05, 0) is 12.1 Å². The number of piperazine rings is 1. The van der Waals surface area contributed by atoms with Crippen molar-refractivity contribution in [3.8, 4) is 0 Å². The van der Waals surface area contributed by atoms with Gasteiger partial charge in [0.05, 0.1) is 5.69 Å². The quantitative estimate of drug-likeness (QED) is 0.924. The first kappa shape index (κ1) is 14.0. The lowest BCUT2D eigenvalue weighted by molar-refractivity contribution is 0.0690. The maximum absolute atomic E-state index is 10.9. The molecule has 0 unspecified atom stereocenters. The third-order valence-corrected chi connectivity index (χ3v) is 4.31. The van der Waals surface area contributed by atoms with Gasteiger partial charge in [-0.3, -0.25) is 4.90 Å². The van der Waals surface area contributed by atoms with E-state index in [0.29, 0.717) is 6.54 Å². The number of carboxylic acid groups (broad SMARTS) is 1. The fourth-order valence-corrected chi connectivity index (χ4v) is 3.08. The summed E-state index contributed by atoms with van der Waals surface area (Å²) in [5.41, 5.74) is 0.909. The molecule has 0 bridgehead atoms. The van der Waals surface area contributed by atoms with Crippen LogP contribution >= 0.6 is 11.3 Å². The lowest BCUT2D eigenvalue weighted by Crippen LogP contribution is -2.46. The van der Waals surface area contributed by atoms with Crippen LogP contribution in [0.15, 0.2) is 29.8 Å². The number of aromatic nitrogens is 2. The number of rotatable bonds is 4. The molecule has 6 nitrogen and oxygen atoms in total. The predicted molar refractivity (Wildman–Crippen MR) is 80.8 cm³/mol. The van der Waals surface area contributed by atoms with Crippen LogP contribution in [0.3, 0.4) is 0 Å². The zero-order chi connectivity index (χ0) is 14.7. The molecule has 2 aromatic heterocycles. The summed E-state index contributed by atoms with van der Waals surface area (Å²) in [7, 11) is 0. The minimum atomic E-state index is -0.981. The third-order valence-electron chi connectivity index (χ3n) is 3.47. The normalized spacial score (nSPS) is 16.1. The van der Waals surface area contributed by atoms with Gasteiger partial charge in [0.1, 0.15) is 5.69 Å². The van der Waals surface area contributed by atoms with E-state index in [-0.39, 0.29) is 5.69 Å². The molecule has 7 heteroatoms. The van der Waals surface area contributed by atoms with Gasteiger partial charge in [-0.15, -0.1) is 11.3 Å². The molecule has 1 aliphatic rings. The molecule has 1 fully saturated rings. The number of thiazole rings is 1. The molecule has 1 aliphatic heterocycles. The fourth-order valence-electron chi connectivity index (χ4n) is 2.39. The zero-order valence-electron chi connectivity index (χ0n) is 11.5. The summed E-state index contributed by atoms with van der Waals surface area (Å²) in [6, 6.07) is 5.14. The molecule has 1 N–H and O–H groups in total. The standard InChI is InChI=1S/C14H16N4O2S/c19-13(20)12-3-1-2-11(16-12)10-17-5-7-18(8-6-17)14-15-4-9-21-14/h1-4,9H,5-8,10H2,(H,19,20). The van der Waals surface area contributed by atoms with Crippen molar-refractivity contribution in [2.24, 2.45) is 0 Å². The molecule has 3 heterocycles. The Kier molecular flexibility index (Phi) is 4.12. The lowest BCUT2D eigenvalue weighted by Gasteiger charge is -2.34. The summed E-state index contributed by atoms with van der Waals surface area (Å²) < 4.78 is 0. The summed E-state index contributed by atoms with van der Waals surface area (Å²) in [5.74, 6) is -0.981. The van der Waals surface area contributed by atoms with Crippen molar-refractivity contribution in [2.75, 3.05) is 31.1 Å². The van der Waals surface area contributed by atoms with Crippen molar-refractivity contribution >= 4 is 22.4 Å². The molecule has 21 heavy (non-hydrogen) atoms. The summed E-state index contributed by atoms with van der Waals surface area (Å²) in [4.78, 5) is 24.0. The highest BCUT2D eigenvalue weighted by Crippen LogP contribution is 2.19. The maximum Gasteiger partial charge on any atom is 0.354 e. The molecule has 3 rings (SSSR count). The van der Waals surface area contributed by atoms with E-state index < -0.39 is 5.97 Å². The van der Waals surface area contributed by atoms with Crippen LogP contribution in [0.5, 0.6) is 0 Å². The minimum Gasteiger partial charge on any atom is -0.477 e. The molecule has 0 atom stereocenters. The lowest BCUT2D eigenvalue weighted by atomic mass is 10.2. The van der Waals surface area contributed by atoms with Crippen molar-refractivity contribution in [3.63, 3.8) is 0 Å². The van der Waals surface area contributed by atoms with E-state index in [1.165, 1.54) is 6.07 Å². The number of aromatic carboxylic acids is 1. The predicted octanol–water partition coefficient (Wildman–Crippen LogP) is 1.56. The van der Waals surface area contributed by atoms with Gasteiger partial charge in [0.2, 0.25) is 0 Å². The molecular formula is C14H16N4O2S. The number of hydrogen-bond donors (Lipinski definition) is 1. The minimum absolute atomic E-state index is 0.105. The van der Waals surface area contributed by atoms with E-state index >= 15 is 0 Å². The Bertz CT molecular complexity index is 609. The Labute approximate surface area is 126 Å². The number of carbonyl (C=O) groups is 1. The molecule has 2 aromatic rings. The largest absolute Gasteiger partial charge is 0.477 e. The SMILES string of the molecule is O=C(O)c1cccc(CN2CCN(c3nccs3)CC2)n1. The average Bonchev–Trinajstić information content (AvgIpc) is 3.02. The Hall–Kier alpha value is -1.99. The first-order chi connectivity index (χ1) is 10.2. The van der Waals surface area contributed by atoms with E-state index in [9.17, 15) is 4.79 Å². The number of pyridine rings is 1. The summed E-state index contributed by atoms with van der Waals surface area (Å²) in [6.07, 6.45) is 1.83. The summed E-state index contributed by atoms with van der Waals surface area (Å²) in [6.45, 7) is 4.42. The first-order valence-electron chi connectivity index (χ1n) is 6.78. The Morgan fingerprint density at radius 1 is 1.29 bits per heavy atom. The highest BCUT2D eigenvalue weighted by atomic mass is 32.1. The molecule has 0 aliphatic carbocycles. The van der Waals surface area contributed by atoms with Gasteiger partial charge in [-0.25, -0.2) is 14.8 Å². The summed E-state index contributed by atoms with van der Waals surface area (Å²) in [5, 5.41) is 12.0. The highest BCUT2D eigenvalue weighted by Gasteiger charge is 2.19. The molecule has 110 valence electrons. The second-order valence-electron chi connectivity index (χ2n) is 4.90. The second-order valence-corrected chi connectivity index (χ2v) is 5.77. The Morgan fingerprint density at radius 2 is 2.10 bits per heavy atom. The van der Waals surface area contributed by atoms with Gasteiger partial charge in [-0.2, -0.15) is 0 Å². The average molecular weight is 304 g/mol. The van der Waals surface area contributed by atoms with Gasteiger partial charge in [0.25, 0.3) is 0 Å². The van der Waals surface area contributed by atoms with Crippen LogP contribution in [0.25, 0.3) is 0 Å². The molecular weight excluding hydrogens is 288 g/mol. The van der Waals surface area contributed by atoms with Crippen LogP contribution in [0, 0.1) is 0 Å². The maximum atomic E-state index is 10.9. The van der Waals surface area contributed by atoms with Crippen LogP contribution in [-0.4, -0.2) is 52.1 Å². The number of hydrogen-bond acceptors (Lipinski definition) is 6. The molecule has 0 radical (unpaired) electrons. The molecule has 0 aromatic carbocycles. The Morgan fingerprint density at radius 3 is 2.76 bits per heavy atom. The van der Waals surface area contributed by atoms with Gasteiger partial charge in [0, 0.05) is 44.3 Å². The smallest absolute Gasteiger partial charge is 0.354 e. The van der Waals surface area contributed by atoms with Crippen molar-refractivity contribution < 1.29 is 9.90 Å². The first-order valence-corrected chi connectivity index (χ1v) is 7.66. The van der Waals surface area contributed by atoms with Crippen molar-refractivity contribution in [1.82, 2.24) is 14.9 Å². The third kappa shape index (κ3) is 3.37. The van der Waals surface area contributed by atoms with Crippen LogP contribution < -0.4 is 4.90 Å². The summed E-state index contributed by atoms with van der Waals surface area (Å²) >= 11 is 1.66. The van der Waals surface area contributed by atoms with Gasteiger partial charge < -0.3 is 10.0 Å². The van der Waals surface area contributed by atoms with E-state index in [2.05, 4.69) is 19.8 Å². The van der Waals surface area contributed by atoms with Crippen molar-refractivity contribution in [3.05, 3.63) is 41.2 Å². The number of carboxylic acids is 1. The second kappa shape index (κ2) is 6.19. The number of nitrogens with zero attached hydrogens (tertiary/aromatic N) is 4. The molecule has 0 amide bonds. The topological polar surface area (TPSA) is 69.6 Å².